The number of hydrogen-bond acceptors (Lipinski definition) is 6. The van der Waals surface area contributed by atoms with E-state index in [0.29, 0.717) is 24.7 Å². The van der Waals surface area contributed by atoms with Crippen molar-refractivity contribution in [1.82, 2.24) is 14.9 Å². The van der Waals surface area contributed by atoms with Gasteiger partial charge in [0.1, 0.15) is 11.8 Å². The van der Waals surface area contributed by atoms with Gasteiger partial charge in [-0.15, -0.1) is 0 Å². The first-order valence-electron chi connectivity index (χ1n) is 6.62. The van der Waals surface area contributed by atoms with Gasteiger partial charge in [0.25, 0.3) is 0 Å². The smallest absolute Gasteiger partial charge is 0.229 e. The Bertz CT molecular complexity index is 546. The number of carbonyl (C=O) groups excluding carboxylic acids is 1. The van der Waals surface area contributed by atoms with Crippen LogP contribution in [0.5, 0.6) is 0 Å². The summed E-state index contributed by atoms with van der Waals surface area (Å²) in [7, 11) is 0. The van der Waals surface area contributed by atoms with Crippen molar-refractivity contribution >= 4 is 23.6 Å². The molecule has 0 saturated carbocycles. The van der Waals surface area contributed by atoms with Crippen molar-refractivity contribution in [2.75, 3.05) is 42.6 Å². The second-order valence-electron chi connectivity index (χ2n) is 4.89. The average molecular weight is 289 g/mol. The van der Waals surface area contributed by atoms with Crippen molar-refractivity contribution in [1.29, 1.82) is 5.26 Å². The molecule has 3 rings (SSSR count). The zero-order valence-electron chi connectivity index (χ0n) is 11.0. The van der Waals surface area contributed by atoms with E-state index in [1.165, 1.54) is 0 Å². The summed E-state index contributed by atoms with van der Waals surface area (Å²) in [6.07, 6.45) is 1.58. The lowest BCUT2D eigenvalue weighted by Gasteiger charge is -2.41. The van der Waals surface area contributed by atoms with Crippen LogP contribution in [0.25, 0.3) is 0 Å². The maximum absolute atomic E-state index is 12.3. The predicted octanol–water partition coefficient (Wildman–Crippen LogP) is 0.360. The quantitative estimate of drug-likeness (QED) is 0.782. The molecule has 20 heavy (non-hydrogen) atoms. The van der Waals surface area contributed by atoms with Gasteiger partial charge in [-0.1, -0.05) is 0 Å². The number of carbonyl (C=O) groups is 1. The number of thioether (sulfide) groups is 1. The molecule has 2 fully saturated rings. The van der Waals surface area contributed by atoms with Crippen LogP contribution in [0.4, 0.5) is 5.95 Å². The average Bonchev–Trinajstić information content (AvgIpc) is 2.47. The Balaban J connectivity index is 1.58. The first kappa shape index (κ1) is 13.2. The maximum atomic E-state index is 12.3. The van der Waals surface area contributed by atoms with Gasteiger partial charge in [-0.25, -0.2) is 9.97 Å². The summed E-state index contributed by atoms with van der Waals surface area (Å²) in [5.41, 5.74) is 0.359. The van der Waals surface area contributed by atoms with Gasteiger partial charge in [-0.2, -0.15) is 17.0 Å². The third kappa shape index (κ3) is 2.56. The topological polar surface area (TPSA) is 73.1 Å². The van der Waals surface area contributed by atoms with Gasteiger partial charge in [0.15, 0.2) is 0 Å². The zero-order chi connectivity index (χ0) is 13.9. The molecule has 1 aromatic rings. The van der Waals surface area contributed by atoms with E-state index in [9.17, 15) is 4.79 Å². The molecular weight excluding hydrogens is 274 g/mol. The van der Waals surface area contributed by atoms with Crippen LogP contribution in [0.3, 0.4) is 0 Å². The largest absolute Gasteiger partial charge is 0.341 e. The molecule has 0 atom stereocenters. The minimum atomic E-state index is 0.0486. The van der Waals surface area contributed by atoms with Crippen LogP contribution in [0, 0.1) is 17.2 Å². The Labute approximate surface area is 121 Å². The number of amides is 1. The van der Waals surface area contributed by atoms with E-state index in [0.717, 1.165) is 24.6 Å². The molecule has 7 heteroatoms. The Morgan fingerprint density at radius 3 is 2.85 bits per heavy atom. The maximum Gasteiger partial charge on any atom is 0.229 e. The summed E-state index contributed by atoms with van der Waals surface area (Å²) in [6, 6.07) is 3.58. The van der Waals surface area contributed by atoms with Gasteiger partial charge in [-0.3, -0.25) is 4.79 Å². The molecular formula is C13H15N5OS. The molecule has 0 N–H and O–H groups in total. The van der Waals surface area contributed by atoms with Crippen LogP contribution in [0.1, 0.15) is 5.69 Å². The Morgan fingerprint density at radius 2 is 2.15 bits per heavy atom. The second kappa shape index (κ2) is 5.67. The second-order valence-corrected chi connectivity index (χ2v) is 6.12. The first-order valence-corrected chi connectivity index (χ1v) is 7.78. The molecule has 1 aromatic heterocycles. The van der Waals surface area contributed by atoms with Gasteiger partial charge in [0, 0.05) is 43.9 Å². The highest BCUT2D eigenvalue weighted by atomic mass is 32.2. The number of rotatable bonds is 2. The summed E-state index contributed by atoms with van der Waals surface area (Å²) in [4.78, 5) is 24.5. The molecule has 0 aromatic carbocycles. The van der Waals surface area contributed by atoms with Crippen molar-refractivity contribution < 1.29 is 4.79 Å². The van der Waals surface area contributed by atoms with Gasteiger partial charge in [0.2, 0.25) is 11.9 Å². The Hall–Kier alpha value is -1.81. The Morgan fingerprint density at radius 1 is 1.40 bits per heavy atom. The molecule has 6 nitrogen and oxygen atoms in total. The fraction of sp³-hybridized carbons (Fsp3) is 0.538. The number of nitriles is 1. The van der Waals surface area contributed by atoms with Gasteiger partial charge in [0.05, 0.1) is 5.92 Å². The standard InChI is InChI=1S/C13H15N5OS/c14-7-11-1-2-15-13(16-11)18-8-10(9-18)12(19)17-3-5-20-6-4-17/h1-2,10H,3-6,8-9H2. The normalized spacial score (nSPS) is 19.4. The summed E-state index contributed by atoms with van der Waals surface area (Å²) in [5, 5.41) is 8.82. The monoisotopic (exact) mass is 289 g/mol. The van der Waals surface area contributed by atoms with E-state index in [1.807, 2.05) is 27.6 Å². The van der Waals surface area contributed by atoms with Crippen molar-refractivity contribution in [2.45, 2.75) is 0 Å². The van der Waals surface area contributed by atoms with E-state index in [4.69, 9.17) is 5.26 Å². The number of hydrogen-bond donors (Lipinski definition) is 0. The SMILES string of the molecule is N#Cc1ccnc(N2CC(C(=O)N3CCSCC3)C2)n1. The molecule has 0 spiro atoms. The van der Waals surface area contributed by atoms with Crippen LogP contribution in [-0.2, 0) is 4.79 Å². The summed E-state index contributed by atoms with van der Waals surface area (Å²) < 4.78 is 0. The van der Waals surface area contributed by atoms with Crippen molar-refractivity contribution in [3.8, 4) is 6.07 Å². The van der Waals surface area contributed by atoms with Gasteiger partial charge in [-0.05, 0) is 6.07 Å². The van der Waals surface area contributed by atoms with E-state index in [1.54, 1.807) is 12.3 Å². The highest BCUT2D eigenvalue weighted by molar-refractivity contribution is 7.99. The van der Waals surface area contributed by atoms with Crippen LogP contribution in [0.2, 0.25) is 0 Å². The molecule has 0 bridgehead atoms. The molecule has 2 aliphatic rings. The zero-order valence-corrected chi connectivity index (χ0v) is 11.8. The summed E-state index contributed by atoms with van der Waals surface area (Å²) >= 11 is 1.90. The third-order valence-corrected chi connectivity index (χ3v) is 4.54. The Kier molecular flexibility index (Phi) is 3.74. The lowest BCUT2D eigenvalue weighted by Crippen LogP contribution is -2.56. The van der Waals surface area contributed by atoms with Crippen LogP contribution in [-0.4, -0.2) is 58.5 Å². The number of anilines is 1. The minimum Gasteiger partial charge on any atom is -0.341 e. The molecule has 2 aliphatic heterocycles. The van der Waals surface area contributed by atoms with Crippen LogP contribution in [0.15, 0.2) is 12.3 Å². The predicted molar refractivity (Wildman–Crippen MR) is 76.4 cm³/mol. The van der Waals surface area contributed by atoms with Crippen LogP contribution >= 0.6 is 11.8 Å². The first-order chi connectivity index (χ1) is 9.78. The fourth-order valence-electron chi connectivity index (χ4n) is 2.40. The molecule has 0 unspecified atom stereocenters. The van der Waals surface area contributed by atoms with E-state index >= 15 is 0 Å². The van der Waals surface area contributed by atoms with Gasteiger partial charge < -0.3 is 9.80 Å². The van der Waals surface area contributed by atoms with Gasteiger partial charge >= 0.3 is 0 Å². The molecule has 104 valence electrons. The lowest BCUT2D eigenvalue weighted by atomic mass is 9.99. The third-order valence-electron chi connectivity index (χ3n) is 3.59. The van der Waals surface area contributed by atoms with Crippen molar-refractivity contribution in [3.05, 3.63) is 18.0 Å². The lowest BCUT2D eigenvalue weighted by molar-refractivity contribution is -0.135. The fourth-order valence-corrected chi connectivity index (χ4v) is 3.31. The van der Waals surface area contributed by atoms with Crippen molar-refractivity contribution in [3.63, 3.8) is 0 Å². The molecule has 1 amide bonds. The summed E-state index contributed by atoms with van der Waals surface area (Å²) in [5.74, 6) is 2.91. The van der Waals surface area contributed by atoms with Crippen LogP contribution < -0.4 is 4.90 Å². The molecule has 0 aliphatic carbocycles. The summed E-state index contributed by atoms with van der Waals surface area (Å²) in [6.45, 7) is 3.02. The van der Waals surface area contributed by atoms with Crippen molar-refractivity contribution in [2.24, 2.45) is 5.92 Å². The number of aromatic nitrogens is 2. The highest BCUT2D eigenvalue weighted by Gasteiger charge is 2.37. The molecule has 2 saturated heterocycles. The molecule has 3 heterocycles. The highest BCUT2D eigenvalue weighted by Crippen LogP contribution is 2.24. The van der Waals surface area contributed by atoms with E-state index < -0.39 is 0 Å². The van der Waals surface area contributed by atoms with E-state index in [-0.39, 0.29) is 11.8 Å². The number of nitrogens with zero attached hydrogens (tertiary/aromatic N) is 5. The molecule has 0 radical (unpaired) electrons. The minimum absolute atomic E-state index is 0.0486. The van der Waals surface area contributed by atoms with E-state index in [2.05, 4.69) is 9.97 Å².